The SMILES string of the molecule is CCCCC(=O)C(C)C.O. The molecule has 0 spiro atoms. The summed E-state index contributed by atoms with van der Waals surface area (Å²) in [5.41, 5.74) is 0. The summed E-state index contributed by atoms with van der Waals surface area (Å²) >= 11 is 0. The quantitative estimate of drug-likeness (QED) is 0.594. The van der Waals surface area contributed by atoms with Crippen LogP contribution in [-0.2, 0) is 4.79 Å². The Bertz CT molecular complexity index is 87.3. The lowest BCUT2D eigenvalue weighted by atomic mass is 10.0. The van der Waals surface area contributed by atoms with E-state index < -0.39 is 0 Å². The average Bonchev–Trinajstić information content (AvgIpc) is 1.82. The molecule has 0 aromatic carbocycles. The third-order valence-electron chi connectivity index (χ3n) is 1.42. The first-order valence-electron chi connectivity index (χ1n) is 3.71. The van der Waals surface area contributed by atoms with Crippen molar-refractivity contribution in [3.05, 3.63) is 0 Å². The molecule has 0 saturated heterocycles. The number of unbranched alkanes of at least 4 members (excludes halogenated alkanes) is 1. The average molecular weight is 146 g/mol. The van der Waals surface area contributed by atoms with E-state index in [1.165, 1.54) is 0 Å². The minimum absolute atomic E-state index is 0. The fourth-order valence-electron chi connectivity index (χ4n) is 0.640. The van der Waals surface area contributed by atoms with Crippen LogP contribution in [0.5, 0.6) is 0 Å². The Morgan fingerprint density at radius 2 is 1.90 bits per heavy atom. The van der Waals surface area contributed by atoms with Gasteiger partial charge in [-0.2, -0.15) is 0 Å². The van der Waals surface area contributed by atoms with E-state index >= 15 is 0 Å². The summed E-state index contributed by atoms with van der Waals surface area (Å²) in [6, 6.07) is 0. The molecule has 62 valence electrons. The summed E-state index contributed by atoms with van der Waals surface area (Å²) in [7, 11) is 0. The number of rotatable bonds is 4. The fourth-order valence-corrected chi connectivity index (χ4v) is 0.640. The van der Waals surface area contributed by atoms with Crippen LogP contribution in [0.25, 0.3) is 0 Å². The van der Waals surface area contributed by atoms with Gasteiger partial charge < -0.3 is 5.48 Å². The normalized spacial score (nSPS) is 9.20. The van der Waals surface area contributed by atoms with Crippen molar-refractivity contribution in [3.63, 3.8) is 0 Å². The molecule has 0 aliphatic rings. The number of ketones is 1. The first-order chi connectivity index (χ1) is 4.18. The molecule has 0 atom stereocenters. The van der Waals surface area contributed by atoms with E-state index in [1.54, 1.807) is 0 Å². The van der Waals surface area contributed by atoms with Gasteiger partial charge in [0.2, 0.25) is 0 Å². The van der Waals surface area contributed by atoms with Gasteiger partial charge in [-0.25, -0.2) is 0 Å². The first kappa shape index (κ1) is 12.3. The van der Waals surface area contributed by atoms with E-state index in [0.29, 0.717) is 5.78 Å². The van der Waals surface area contributed by atoms with Crippen LogP contribution in [0.4, 0.5) is 0 Å². The standard InChI is InChI=1S/C8H16O.H2O/c1-4-5-6-8(9)7(2)3;/h7H,4-6H2,1-3H3;1H2. The number of hydrogen-bond donors (Lipinski definition) is 0. The van der Waals surface area contributed by atoms with Crippen molar-refractivity contribution in [1.29, 1.82) is 0 Å². The molecule has 0 aromatic heterocycles. The van der Waals surface area contributed by atoms with E-state index in [0.717, 1.165) is 19.3 Å². The van der Waals surface area contributed by atoms with Gasteiger partial charge >= 0.3 is 0 Å². The number of Topliss-reactive ketones (excluding diaryl/α,β-unsaturated/α-hetero) is 1. The molecule has 0 unspecified atom stereocenters. The molecular weight excluding hydrogens is 128 g/mol. The van der Waals surface area contributed by atoms with Gasteiger partial charge in [-0.15, -0.1) is 0 Å². The highest BCUT2D eigenvalue weighted by molar-refractivity contribution is 5.80. The van der Waals surface area contributed by atoms with Gasteiger partial charge in [0.15, 0.2) is 0 Å². The minimum atomic E-state index is 0. The molecule has 0 saturated carbocycles. The summed E-state index contributed by atoms with van der Waals surface area (Å²) in [6.07, 6.45) is 2.95. The van der Waals surface area contributed by atoms with Gasteiger partial charge in [0.05, 0.1) is 0 Å². The second kappa shape index (κ2) is 6.75. The van der Waals surface area contributed by atoms with Crippen molar-refractivity contribution in [2.24, 2.45) is 5.92 Å². The molecule has 0 aromatic rings. The third-order valence-corrected chi connectivity index (χ3v) is 1.42. The molecule has 0 fully saturated rings. The van der Waals surface area contributed by atoms with Crippen LogP contribution in [0.3, 0.4) is 0 Å². The minimum Gasteiger partial charge on any atom is -0.412 e. The molecule has 0 aliphatic carbocycles. The number of hydrogen-bond acceptors (Lipinski definition) is 1. The Morgan fingerprint density at radius 1 is 1.40 bits per heavy atom. The van der Waals surface area contributed by atoms with Gasteiger partial charge in [-0.1, -0.05) is 27.2 Å². The van der Waals surface area contributed by atoms with E-state index in [1.807, 2.05) is 13.8 Å². The summed E-state index contributed by atoms with van der Waals surface area (Å²) < 4.78 is 0. The van der Waals surface area contributed by atoms with E-state index in [4.69, 9.17) is 0 Å². The van der Waals surface area contributed by atoms with Crippen LogP contribution in [-0.4, -0.2) is 11.3 Å². The van der Waals surface area contributed by atoms with Crippen molar-refractivity contribution in [3.8, 4) is 0 Å². The van der Waals surface area contributed by atoms with Crippen LogP contribution in [0.2, 0.25) is 0 Å². The molecule has 0 amide bonds. The lowest BCUT2D eigenvalue weighted by Gasteiger charge is -2.00. The van der Waals surface area contributed by atoms with Gasteiger partial charge in [-0.05, 0) is 6.42 Å². The summed E-state index contributed by atoms with van der Waals surface area (Å²) in [5.74, 6) is 0.633. The lowest BCUT2D eigenvalue weighted by Crippen LogP contribution is -2.05. The lowest BCUT2D eigenvalue weighted by molar-refractivity contribution is -0.121. The van der Waals surface area contributed by atoms with Gasteiger partial charge in [0.1, 0.15) is 5.78 Å². The second-order valence-corrected chi connectivity index (χ2v) is 2.72. The Morgan fingerprint density at radius 3 is 2.20 bits per heavy atom. The van der Waals surface area contributed by atoms with Gasteiger partial charge in [-0.3, -0.25) is 4.79 Å². The maximum absolute atomic E-state index is 10.9. The molecule has 2 heteroatoms. The third kappa shape index (κ3) is 5.76. The van der Waals surface area contributed by atoms with E-state index in [-0.39, 0.29) is 11.4 Å². The summed E-state index contributed by atoms with van der Waals surface area (Å²) in [4.78, 5) is 10.9. The zero-order chi connectivity index (χ0) is 7.28. The molecule has 0 radical (unpaired) electrons. The molecule has 0 rings (SSSR count). The highest BCUT2D eigenvalue weighted by Gasteiger charge is 2.04. The van der Waals surface area contributed by atoms with Crippen LogP contribution >= 0.6 is 0 Å². The molecule has 0 heterocycles. The van der Waals surface area contributed by atoms with Crippen LogP contribution in [0.15, 0.2) is 0 Å². The van der Waals surface area contributed by atoms with Crippen LogP contribution in [0.1, 0.15) is 40.0 Å². The van der Waals surface area contributed by atoms with Crippen molar-refractivity contribution >= 4 is 5.78 Å². The number of carbonyl (C=O) groups is 1. The zero-order valence-corrected chi connectivity index (χ0v) is 7.11. The second-order valence-electron chi connectivity index (χ2n) is 2.72. The first-order valence-corrected chi connectivity index (χ1v) is 3.71. The van der Waals surface area contributed by atoms with Gasteiger partial charge in [0, 0.05) is 12.3 Å². The Labute approximate surface area is 62.9 Å². The molecule has 2 nitrogen and oxygen atoms in total. The Kier molecular flexibility index (Phi) is 8.31. The molecule has 10 heavy (non-hydrogen) atoms. The number of carbonyl (C=O) groups excluding carboxylic acids is 1. The zero-order valence-electron chi connectivity index (χ0n) is 7.11. The topological polar surface area (TPSA) is 48.6 Å². The smallest absolute Gasteiger partial charge is 0.135 e. The van der Waals surface area contributed by atoms with E-state index in [9.17, 15) is 4.79 Å². The van der Waals surface area contributed by atoms with Gasteiger partial charge in [0.25, 0.3) is 0 Å². The monoisotopic (exact) mass is 146 g/mol. The highest BCUT2D eigenvalue weighted by Crippen LogP contribution is 2.02. The maximum atomic E-state index is 10.9. The summed E-state index contributed by atoms with van der Waals surface area (Å²) in [5, 5.41) is 0. The largest absolute Gasteiger partial charge is 0.412 e. The molecular formula is C8H18O2. The fraction of sp³-hybridized carbons (Fsp3) is 0.875. The molecule has 0 aliphatic heterocycles. The van der Waals surface area contributed by atoms with Crippen LogP contribution < -0.4 is 0 Å². The maximum Gasteiger partial charge on any atom is 0.135 e. The Balaban J connectivity index is 0. The van der Waals surface area contributed by atoms with Crippen molar-refractivity contribution in [2.45, 2.75) is 40.0 Å². The summed E-state index contributed by atoms with van der Waals surface area (Å²) in [6.45, 7) is 6.02. The predicted molar refractivity (Wildman–Crippen MR) is 43.0 cm³/mol. The van der Waals surface area contributed by atoms with Crippen molar-refractivity contribution in [2.75, 3.05) is 0 Å². The Hall–Kier alpha value is -0.370. The van der Waals surface area contributed by atoms with Crippen molar-refractivity contribution < 1.29 is 10.3 Å². The van der Waals surface area contributed by atoms with E-state index in [2.05, 4.69) is 6.92 Å². The predicted octanol–water partition coefficient (Wildman–Crippen LogP) is 1.58. The molecule has 2 N–H and O–H groups in total. The highest BCUT2D eigenvalue weighted by atomic mass is 16.1. The van der Waals surface area contributed by atoms with Crippen LogP contribution in [0, 0.1) is 5.92 Å². The molecule has 0 bridgehead atoms. The van der Waals surface area contributed by atoms with Crippen molar-refractivity contribution in [1.82, 2.24) is 0 Å².